The van der Waals surface area contributed by atoms with Gasteiger partial charge in [-0.25, -0.2) is 9.78 Å². The van der Waals surface area contributed by atoms with Crippen molar-refractivity contribution < 1.29 is 34.2 Å². The van der Waals surface area contributed by atoms with Gasteiger partial charge < -0.3 is 36.9 Å². The Morgan fingerprint density at radius 2 is 1.44 bits per heavy atom. The monoisotopic (exact) mass is 546 g/mol. The molecule has 15 heteroatoms. The number of nitrogens with two attached hydrogens (primary N) is 1. The molecule has 0 aliphatic heterocycles. The van der Waals surface area contributed by atoms with Crippen molar-refractivity contribution in [3.63, 3.8) is 0 Å². The number of nitrogens with zero attached hydrogens (tertiary/aromatic N) is 1. The van der Waals surface area contributed by atoms with Gasteiger partial charge in [0.05, 0.1) is 12.4 Å². The van der Waals surface area contributed by atoms with Gasteiger partial charge >= 0.3 is 11.9 Å². The average Bonchev–Trinajstić information content (AvgIpc) is 3.34. The summed E-state index contributed by atoms with van der Waals surface area (Å²) in [6, 6.07) is -4.50. The number of hydrogen-bond donors (Lipinski definition) is 7. The zero-order chi connectivity index (χ0) is 27.1. The molecule has 0 saturated carbocycles. The van der Waals surface area contributed by atoms with Crippen LogP contribution < -0.4 is 21.7 Å². The fraction of sp³-hybridized carbons (Fsp3) is 0.619. The topological polar surface area (TPSA) is 217 Å². The standard InChI is InChI=1S/C21H34N6O7S2/c1-35-7-5-15(20(32)27-16(21(33)34)6-8-36-2)26-19(31)14(3-4-17(28)29)25-18(30)13(22)9-12-10-23-11-24-12/h10-11,13-16H,3-9,22H2,1-2H3,(H,23,24)(H,25,30)(H,26,31)(H,27,32)(H,28,29)(H,33,34). The van der Waals surface area contributed by atoms with Crippen LogP contribution in [0.1, 0.15) is 31.4 Å². The van der Waals surface area contributed by atoms with Gasteiger partial charge in [-0.05, 0) is 43.3 Å². The molecule has 4 unspecified atom stereocenters. The first-order valence-corrected chi connectivity index (χ1v) is 13.9. The number of H-pyrrole nitrogens is 1. The van der Waals surface area contributed by atoms with Crippen LogP contribution in [0.3, 0.4) is 0 Å². The highest BCUT2D eigenvalue weighted by atomic mass is 32.2. The SMILES string of the molecule is CSCCC(NC(=O)C(CCSC)NC(=O)C(CCC(=O)O)NC(=O)C(N)Cc1cnc[nH]1)C(=O)O. The Labute approximate surface area is 217 Å². The van der Waals surface area contributed by atoms with E-state index < -0.39 is 60.2 Å². The lowest BCUT2D eigenvalue weighted by Crippen LogP contribution is -2.57. The molecule has 36 heavy (non-hydrogen) atoms. The normalized spacial score (nSPS) is 14.2. The number of rotatable bonds is 18. The Balaban J connectivity index is 2.93. The fourth-order valence-electron chi connectivity index (χ4n) is 3.08. The molecule has 8 N–H and O–H groups in total. The van der Waals surface area contributed by atoms with Gasteiger partial charge in [0.2, 0.25) is 17.7 Å². The van der Waals surface area contributed by atoms with Crippen LogP contribution in [0.4, 0.5) is 0 Å². The van der Waals surface area contributed by atoms with E-state index in [0.29, 0.717) is 17.2 Å². The molecule has 0 aromatic carbocycles. The smallest absolute Gasteiger partial charge is 0.326 e. The van der Waals surface area contributed by atoms with Gasteiger partial charge in [0.1, 0.15) is 18.1 Å². The zero-order valence-electron chi connectivity index (χ0n) is 20.2. The van der Waals surface area contributed by atoms with Crippen LogP contribution in [0.15, 0.2) is 12.5 Å². The maximum absolute atomic E-state index is 13.0. The van der Waals surface area contributed by atoms with Crippen LogP contribution in [0.25, 0.3) is 0 Å². The zero-order valence-corrected chi connectivity index (χ0v) is 21.8. The van der Waals surface area contributed by atoms with Crippen molar-refractivity contribution in [2.75, 3.05) is 24.0 Å². The van der Waals surface area contributed by atoms with Crippen molar-refractivity contribution in [2.45, 2.75) is 56.3 Å². The molecule has 4 atom stereocenters. The van der Waals surface area contributed by atoms with Crippen LogP contribution in [0.2, 0.25) is 0 Å². The number of aliphatic carboxylic acids is 2. The summed E-state index contributed by atoms with van der Waals surface area (Å²) in [5.74, 6) is -3.48. The molecule has 0 bridgehead atoms. The lowest BCUT2D eigenvalue weighted by Gasteiger charge is -2.25. The minimum Gasteiger partial charge on any atom is -0.481 e. The lowest BCUT2D eigenvalue weighted by atomic mass is 10.1. The fourth-order valence-corrected chi connectivity index (χ4v) is 4.03. The van der Waals surface area contributed by atoms with Crippen molar-refractivity contribution in [1.82, 2.24) is 25.9 Å². The Bertz CT molecular complexity index is 871. The number of carboxylic acid groups (broad SMARTS) is 2. The van der Waals surface area contributed by atoms with E-state index >= 15 is 0 Å². The number of nitrogens with one attached hydrogen (secondary N) is 4. The molecule has 1 aromatic heterocycles. The lowest BCUT2D eigenvalue weighted by molar-refractivity contribution is -0.142. The molecule has 1 aromatic rings. The number of imidazole rings is 1. The molecule has 0 aliphatic rings. The number of thioether (sulfide) groups is 2. The highest BCUT2D eigenvalue weighted by molar-refractivity contribution is 7.98. The van der Waals surface area contributed by atoms with Crippen LogP contribution in [0.5, 0.6) is 0 Å². The van der Waals surface area contributed by atoms with Gasteiger partial charge in [0.25, 0.3) is 0 Å². The first kappa shape index (κ1) is 31.3. The first-order chi connectivity index (χ1) is 17.1. The van der Waals surface area contributed by atoms with E-state index in [0.717, 1.165) is 0 Å². The molecule has 0 saturated heterocycles. The predicted molar refractivity (Wildman–Crippen MR) is 137 cm³/mol. The van der Waals surface area contributed by atoms with Gasteiger partial charge in [-0.1, -0.05) is 0 Å². The van der Waals surface area contributed by atoms with E-state index in [1.54, 1.807) is 0 Å². The second-order valence-electron chi connectivity index (χ2n) is 7.90. The Morgan fingerprint density at radius 1 is 0.917 bits per heavy atom. The van der Waals surface area contributed by atoms with Crippen molar-refractivity contribution in [2.24, 2.45) is 5.73 Å². The number of carbonyl (C=O) groups is 5. The van der Waals surface area contributed by atoms with E-state index in [2.05, 4.69) is 25.9 Å². The summed E-state index contributed by atoms with van der Waals surface area (Å²) < 4.78 is 0. The highest BCUT2D eigenvalue weighted by Crippen LogP contribution is 2.07. The molecule has 0 radical (unpaired) electrons. The maximum Gasteiger partial charge on any atom is 0.326 e. The number of carboxylic acids is 2. The van der Waals surface area contributed by atoms with Crippen LogP contribution in [0, 0.1) is 0 Å². The quantitative estimate of drug-likeness (QED) is 0.121. The summed E-state index contributed by atoms with van der Waals surface area (Å²) in [6.07, 6.45) is 6.44. The van der Waals surface area contributed by atoms with E-state index in [4.69, 9.17) is 10.8 Å². The van der Waals surface area contributed by atoms with Crippen molar-refractivity contribution >= 4 is 53.2 Å². The number of aromatic nitrogens is 2. The average molecular weight is 547 g/mol. The van der Waals surface area contributed by atoms with Crippen molar-refractivity contribution in [3.8, 4) is 0 Å². The second kappa shape index (κ2) is 16.8. The molecule has 0 spiro atoms. The van der Waals surface area contributed by atoms with Crippen LogP contribution in [-0.4, -0.2) is 98.0 Å². The molecular weight excluding hydrogens is 512 g/mol. The van der Waals surface area contributed by atoms with E-state index in [9.17, 15) is 29.1 Å². The first-order valence-electron chi connectivity index (χ1n) is 11.1. The third-order valence-corrected chi connectivity index (χ3v) is 6.37. The molecule has 202 valence electrons. The summed E-state index contributed by atoms with van der Waals surface area (Å²) in [6.45, 7) is 0. The van der Waals surface area contributed by atoms with Crippen molar-refractivity contribution in [1.29, 1.82) is 0 Å². The van der Waals surface area contributed by atoms with Gasteiger partial charge in [0, 0.05) is 24.7 Å². The molecule has 0 aliphatic carbocycles. The van der Waals surface area contributed by atoms with Gasteiger partial charge in [-0.15, -0.1) is 0 Å². The number of amides is 3. The summed E-state index contributed by atoms with van der Waals surface area (Å²) in [5.41, 5.74) is 6.52. The Hall–Kier alpha value is -2.78. The Morgan fingerprint density at radius 3 is 1.94 bits per heavy atom. The summed E-state index contributed by atoms with van der Waals surface area (Å²) in [7, 11) is 0. The van der Waals surface area contributed by atoms with Crippen LogP contribution in [-0.2, 0) is 30.4 Å². The highest BCUT2D eigenvalue weighted by Gasteiger charge is 2.30. The van der Waals surface area contributed by atoms with Crippen LogP contribution >= 0.6 is 23.5 Å². The molecular formula is C21H34N6O7S2. The maximum atomic E-state index is 13.0. The largest absolute Gasteiger partial charge is 0.481 e. The van der Waals surface area contributed by atoms with Gasteiger partial charge in [-0.2, -0.15) is 23.5 Å². The minimum atomic E-state index is -1.27. The molecule has 1 heterocycles. The molecule has 13 nitrogen and oxygen atoms in total. The van der Waals surface area contributed by atoms with Gasteiger partial charge in [0.15, 0.2) is 0 Å². The Kier molecular flexibility index (Phi) is 14.6. The number of carbonyl (C=O) groups excluding carboxylic acids is 3. The summed E-state index contributed by atoms with van der Waals surface area (Å²) >= 11 is 2.87. The summed E-state index contributed by atoms with van der Waals surface area (Å²) in [5, 5.41) is 25.9. The third kappa shape index (κ3) is 11.8. The van der Waals surface area contributed by atoms with E-state index in [1.165, 1.54) is 36.0 Å². The number of aromatic amines is 1. The minimum absolute atomic E-state index is 0.116. The summed E-state index contributed by atoms with van der Waals surface area (Å²) in [4.78, 5) is 67.7. The molecule has 3 amide bonds. The van der Waals surface area contributed by atoms with E-state index in [1.807, 2.05) is 12.5 Å². The van der Waals surface area contributed by atoms with Crippen molar-refractivity contribution in [3.05, 3.63) is 18.2 Å². The number of hydrogen-bond acceptors (Lipinski definition) is 9. The third-order valence-electron chi connectivity index (χ3n) is 5.08. The second-order valence-corrected chi connectivity index (χ2v) is 9.88. The molecule has 0 fully saturated rings. The molecule has 1 rings (SSSR count). The predicted octanol–water partition coefficient (Wildman–Crippen LogP) is -0.810. The van der Waals surface area contributed by atoms with E-state index in [-0.39, 0.29) is 25.7 Å². The van der Waals surface area contributed by atoms with Gasteiger partial charge in [-0.3, -0.25) is 19.2 Å².